The van der Waals surface area contributed by atoms with Gasteiger partial charge in [-0.05, 0) is 0 Å². The summed E-state index contributed by atoms with van der Waals surface area (Å²) >= 11 is 1.19. The molecule has 0 fully saturated rings. The Morgan fingerprint density at radius 1 is 1.67 bits per heavy atom. The van der Waals surface area contributed by atoms with E-state index >= 15 is 0 Å². The summed E-state index contributed by atoms with van der Waals surface area (Å²) in [6.45, 7) is 3.12. The Bertz CT molecular complexity index is 19.5. The summed E-state index contributed by atoms with van der Waals surface area (Å²) in [6.07, 6.45) is 2.46. The Morgan fingerprint density at radius 2 is 2.33 bits per heavy atom. The molecule has 0 amide bonds. The second kappa shape index (κ2) is 5.76. The molecule has 2 heteroatoms. The summed E-state index contributed by atoms with van der Waals surface area (Å²) < 4.78 is 4.87. The van der Waals surface area contributed by atoms with Crippen LogP contribution in [0, 0.1) is 0 Å². The van der Waals surface area contributed by atoms with Gasteiger partial charge in [-0.15, -0.1) is 0 Å². The van der Waals surface area contributed by atoms with Gasteiger partial charge in [-0.2, -0.15) is 0 Å². The van der Waals surface area contributed by atoms with Crippen LogP contribution in [-0.2, 0) is 3.07 Å². The van der Waals surface area contributed by atoms with Gasteiger partial charge in [-0.25, -0.2) is 0 Å². The Morgan fingerprint density at radius 3 is 2.50 bits per heavy atom. The Balaban J connectivity index is 2.34. The molecule has 6 heavy (non-hydrogen) atoms. The topological polar surface area (TPSA) is 9.23 Å². The van der Waals surface area contributed by atoms with Gasteiger partial charge in [0, 0.05) is 0 Å². The van der Waals surface area contributed by atoms with E-state index < -0.39 is 0 Å². The second-order valence-corrected chi connectivity index (χ2v) is 2.03. The molecule has 0 spiro atoms. The zero-order chi connectivity index (χ0) is 4.83. The summed E-state index contributed by atoms with van der Waals surface area (Å²) in [5.41, 5.74) is 0. The monoisotopic (exact) mass is 193 g/mol. The summed E-state index contributed by atoms with van der Waals surface area (Å²) in [5.74, 6) is 0. The van der Waals surface area contributed by atoms with Gasteiger partial charge >= 0.3 is 52.4 Å². The van der Waals surface area contributed by atoms with E-state index in [1.807, 2.05) is 0 Å². The van der Waals surface area contributed by atoms with Crippen LogP contribution in [0.2, 0.25) is 0 Å². The first kappa shape index (κ1) is 6.76. The molecule has 0 aromatic heterocycles. The SMILES string of the molecule is CCCC[O][Sn]. The van der Waals surface area contributed by atoms with Crippen molar-refractivity contribution in [3.63, 3.8) is 0 Å². The predicted molar refractivity (Wildman–Crippen MR) is 26.6 cm³/mol. The van der Waals surface area contributed by atoms with Gasteiger partial charge in [0.25, 0.3) is 0 Å². The van der Waals surface area contributed by atoms with Gasteiger partial charge in [0.05, 0.1) is 0 Å². The zero-order valence-electron chi connectivity index (χ0n) is 4.03. The molecular weight excluding hydrogens is 183 g/mol. The molecule has 1 nitrogen and oxygen atoms in total. The Kier molecular flexibility index (Phi) is 6.49. The number of rotatable bonds is 3. The molecule has 0 saturated heterocycles. The van der Waals surface area contributed by atoms with Crippen molar-refractivity contribution in [1.29, 1.82) is 0 Å². The van der Waals surface area contributed by atoms with E-state index in [1.165, 1.54) is 35.8 Å². The summed E-state index contributed by atoms with van der Waals surface area (Å²) in [4.78, 5) is 0. The van der Waals surface area contributed by atoms with Crippen molar-refractivity contribution in [2.75, 3.05) is 6.61 Å². The van der Waals surface area contributed by atoms with Crippen LogP contribution in [0.25, 0.3) is 0 Å². The molecule has 0 aliphatic heterocycles. The Labute approximate surface area is 52.7 Å². The van der Waals surface area contributed by atoms with E-state index in [1.54, 1.807) is 0 Å². The third-order valence-electron chi connectivity index (χ3n) is 0.600. The van der Waals surface area contributed by atoms with Crippen molar-refractivity contribution in [3.05, 3.63) is 0 Å². The maximum atomic E-state index is 4.87. The van der Waals surface area contributed by atoms with Crippen molar-refractivity contribution in [1.82, 2.24) is 0 Å². The standard InChI is InChI=1S/C4H9O.Sn/c1-2-3-4-5;/h2-4H2,1H3;/q-1;+1. The first-order valence-corrected chi connectivity index (χ1v) is 3.37. The molecule has 0 heterocycles. The van der Waals surface area contributed by atoms with Crippen LogP contribution in [0.3, 0.4) is 0 Å². The average molecular weight is 192 g/mol. The summed E-state index contributed by atoms with van der Waals surface area (Å²) in [6, 6.07) is 0. The van der Waals surface area contributed by atoms with Gasteiger partial charge in [0.2, 0.25) is 0 Å². The van der Waals surface area contributed by atoms with Gasteiger partial charge in [0.1, 0.15) is 0 Å². The van der Waals surface area contributed by atoms with Crippen LogP contribution >= 0.6 is 0 Å². The quantitative estimate of drug-likeness (QED) is 0.476. The Hall–Kier alpha value is 0.759. The molecule has 0 unspecified atom stereocenters. The zero-order valence-corrected chi connectivity index (χ0v) is 6.88. The second-order valence-electron chi connectivity index (χ2n) is 1.20. The molecular formula is C4H9OSn. The molecule has 0 saturated carbocycles. The third kappa shape index (κ3) is 4.76. The molecule has 0 aliphatic carbocycles. The van der Waals surface area contributed by atoms with E-state index in [-0.39, 0.29) is 0 Å². The molecule has 0 bridgehead atoms. The van der Waals surface area contributed by atoms with E-state index in [9.17, 15) is 0 Å². The van der Waals surface area contributed by atoms with Crippen LogP contribution in [0.5, 0.6) is 0 Å². The fourth-order valence-electron chi connectivity index (χ4n) is 0.217. The van der Waals surface area contributed by atoms with Crippen LogP contribution in [0.15, 0.2) is 0 Å². The maximum absolute atomic E-state index is 4.87. The fourth-order valence-corrected chi connectivity index (χ4v) is 0.628. The van der Waals surface area contributed by atoms with Crippen molar-refractivity contribution < 1.29 is 3.07 Å². The van der Waals surface area contributed by atoms with Crippen LogP contribution in [0.4, 0.5) is 0 Å². The number of hydrogen-bond acceptors (Lipinski definition) is 1. The molecule has 0 aliphatic rings. The van der Waals surface area contributed by atoms with Crippen molar-refractivity contribution in [2.24, 2.45) is 0 Å². The summed E-state index contributed by atoms with van der Waals surface area (Å²) in [5, 5.41) is 0. The average Bonchev–Trinajstić information content (AvgIpc) is 1.61. The van der Waals surface area contributed by atoms with Crippen molar-refractivity contribution in [2.45, 2.75) is 19.8 Å². The number of hydrogen-bond donors (Lipinski definition) is 0. The predicted octanol–water partition coefficient (Wildman–Crippen LogP) is 0.887. The van der Waals surface area contributed by atoms with Crippen LogP contribution < -0.4 is 0 Å². The molecule has 3 radical (unpaired) electrons. The first-order valence-electron chi connectivity index (χ1n) is 2.20. The van der Waals surface area contributed by atoms with E-state index in [2.05, 4.69) is 6.92 Å². The molecule has 0 N–H and O–H groups in total. The van der Waals surface area contributed by atoms with Gasteiger partial charge < -0.3 is 0 Å². The van der Waals surface area contributed by atoms with E-state index in [4.69, 9.17) is 3.07 Å². The molecule has 35 valence electrons. The first-order chi connectivity index (χ1) is 2.91. The van der Waals surface area contributed by atoms with Crippen LogP contribution in [-0.4, -0.2) is 29.5 Å². The third-order valence-corrected chi connectivity index (χ3v) is 1.18. The summed E-state index contributed by atoms with van der Waals surface area (Å²) in [7, 11) is 0. The number of unbranched alkanes of at least 4 members (excludes halogenated alkanes) is 1. The van der Waals surface area contributed by atoms with Gasteiger partial charge in [-0.1, -0.05) is 0 Å². The molecule has 0 atom stereocenters. The van der Waals surface area contributed by atoms with E-state index in [0.29, 0.717) is 0 Å². The molecule has 0 rings (SSSR count). The fraction of sp³-hybridized carbons (Fsp3) is 1.00. The minimum absolute atomic E-state index is 0.953. The van der Waals surface area contributed by atoms with Crippen molar-refractivity contribution >= 4 is 22.9 Å². The van der Waals surface area contributed by atoms with Gasteiger partial charge in [0.15, 0.2) is 0 Å². The molecule has 0 aromatic rings. The van der Waals surface area contributed by atoms with Crippen molar-refractivity contribution in [3.8, 4) is 0 Å². The normalized spacial score (nSPS) is 9.00. The molecule has 0 aromatic carbocycles. The van der Waals surface area contributed by atoms with Crippen LogP contribution in [0.1, 0.15) is 19.8 Å². The van der Waals surface area contributed by atoms with Gasteiger partial charge in [-0.3, -0.25) is 0 Å². The van der Waals surface area contributed by atoms with E-state index in [0.717, 1.165) is 6.61 Å². The minimum atomic E-state index is 0.953.